The summed E-state index contributed by atoms with van der Waals surface area (Å²) in [6.45, 7) is 7.81. The summed E-state index contributed by atoms with van der Waals surface area (Å²) in [6, 6.07) is -0.207. The Balaban J connectivity index is 3.84. The van der Waals surface area contributed by atoms with E-state index in [1.165, 1.54) is 0 Å². The molecule has 0 fully saturated rings. The fraction of sp³-hybridized carbons (Fsp3) is 0.833. The van der Waals surface area contributed by atoms with Crippen LogP contribution in [0.4, 0.5) is 4.79 Å². The van der Waals surface area contributed by atoms with Crippen molar-refractivity contribution in [1.82, 2.24) is 10.6 Å². The van der Waals surface area contributed by atoms with Gasteiger partial charge in [-0.1, -0.05) is 6.92 Å². The van der Waals surface area contributed by atoms with Crippen LogP contribution in [0.1, 0.15) is 53.4 Å². The van der Waals surface area contributed by atoms with Gasteiger partial charge in [-0.2, -0.15) is 0 Å². The van der Waals surface area contributed by atoms with Crippen molar-refractivity contribution in [2.24, 2.45) is 0 Å². The Bertz CT molecular complexity index is 264. The molecule has 0 heterocycles. The summed E-state index contributed by atoms with van der Waals surface area (Å²) in [5, 5.41) is 14.2. The van der Waals surface area contributed by atoms with Crippen molar-refractivity contribution < 1.29 is 14.7 Å². The van der Waals surface area contributed by atoms with Crippen LogP contribution in [0.3, 0.4) is 0 Å². The molecule has 5 nitrogen and oxygen atoms in total. The third kappa shape index (κ3) is 8.54. The molecule has 0 spiro atoms. The normalized spacial score (nSPS) is 12.9. The SMILES string of the molecule is CCC(C)(C)NC(=O)NC(C)CCCC(=O)O. The minimum atomic E-state index is -0.797. The Kier molecular flexibility index (Phi) is 6.61. The molecule has 0 aromatic carbocycles. The number of nitrogens with one attached hydrogen (secondary N) is 2. The molecule has 0 aromatic heterocycles. The number of carboxylic acids is 1. The Labute approximate surface area is 103 Å². The molecule has 3 N–H and O–H groups in total. The van der Waals surface area contributed by atoms with Gasteiger partial charge in [-0.15, -0.1) is 0 Å². The van der Waals surface area contributed by atoms with Gasteiger partial charge in [-0.05, 0) is 40.0 Å². The first-order valence-electron chi connectivity index (χ1n) is 6.07. The monoisotopic (exact) mass is 244 g/mol. The minimum absolute atomic E-state index is 0.0120. The van der Waals surface area contributed by atoms with E-state index in [9.17, 15) is 9.59 Å². The van der Waals surface area contributed by atoms with E-state index in [4.69, 9.17) is 5.11 Å². The number of aliphatic carboxylic acids is 1. The maximum atomic E-state index is 11.6. The second-order valence-corrected chi connectivity index (χ2v) is 5.02. The molecule has 0 rings (SSSR count). The van der Waals surface area contributed by atoms with Crippen LogP contribution in [-0.4, -0.2) is 28.7 Å². The first-order valence-corrected chi connectivity index (χ1v) is 6.07. The summed E-state index contributed by atoms with van der Waals surface area (Å²) < 4.78 is 0. The molecule has 0 aliphatic heterocycles. The topological polar surface area (TPSA) is 78.4 Å². The lowest BCUT2D eigenvalue weighted by Gasteiger charge is -2.26. The fourth-order valence-corrected chi connectivity index (χ4v) is 1.29. The number of amides is 2. The van der Waals surface area contributed by atoms with Crippen LogP contribution in [0.2, 0.25) is 0 Å². The molecule has 0 radical (unpaired) electrons. The Morgan fingerprint density at radius 2 is 1.94 bits per heavy atom. The highest BCUT2D eigenvalue weighted by molar-refractivity contribution is 5.75. The average Bonchev–Trinajstić information content (AvgIpc) is 2.15. The zero-order valence-electron chi connectivity index (χ0n) is 11.2. The van der Waals surface area contributed by atoms with Gasteiger partial charge >= 0.3 is 12.0 Å². The molecule has 1 unspecified atom stereocenters. The molecular formula is C12H24N2O3. The lowest BCUT2D eigenvalue weighted by Crippen LogP contribution is -2.50. The molecule has 0 aliphatic carbocycles. The quantitative estimate of drug-likeness (QED) is 0.642. The van der Waals surface area contributed by atoms with Crippen LogP contribution in [0.15, 0.2) is 0 Å². The van der Waals surface area contributed by atoms with Gasteiger partial charge in [0.15, 0.2) is 0 Å². The van der Waals surface area contributed by atoms with Gasteiger partial charge in [-0.25, -0.2) is 4.79 Å². The highest BCUT2D eigenvalue weighted by Crippen LogP contribution is 2.06. The van der Waals surface area contributed by atoms with Gasteiger partial charge in [0.05, 0.1) is 0 Å². The highest BCUT2D eigenvalue weighted by atomic mass is 16.4. The molecule has 0 aliphatic rings. The van der Waals surface area contributed by atoms with Crippen molar-refractivity contribution in [2.45, 2.75) is 65.0 Å². The van der Waals surface area contributed by atoms with Gasteiger partial charge in [0, 0.05) is 18.0 Å². The second-order valence-electron chi connectivity index (χ2n) is 5.02. The third-order valence-electron chi connectivity index (χ3n) is 2.74. The van der Waals surface area contributed by atoms with E-state index in [1.807, 2.05) is 27.7 Å². The van der Waals surface area contributed by atoms with E-state index in [0.717, 1.165) is 6.42 Å². The number of carboxylic acid groups (broad SMARTS) is 1. The van der Waals surface area contributed by atoms with Gasteiger partial charge in [0.25, 0.3) is 0 Å². The van der Waals surface area contributed by atoms with E-state index >= 15 is 0 Å². The Hall–Kier alpha value is -1.26. The van der Waals surface area contributed by atoms with Crippen LogP contribution < -0.4 is 10.6 Å². The number of rotatable bonds is 7. The zero-order chi connectivity index (χ0) is 13.5. The predicted molar refractivity (Wildman–Crippen MR) is 67.0 cm³/mol. The molecule has 1 atom stereocenters. The first-order chi connectivity index (χ1) is 7.76. The standard InChI is InChI=1S/C12H24N2O3/c1-5-12(3,4)14-11(17)13-9(2)7-6-8-10(15)16/h9H,5-8H2,1-4H3,(H,15,16)(H2,13,14,17). The largest absolute Gasteiger partial charge is 0.481 e. The number of carbonyl (C=O) groups is 2. The van der Waals surface area contributed by atoms with Crippen LogP contribution in [-0.2, 0) is 4.79 Å². The van der Waals surface area contributed by atoms with Gasteiger partial charge in [-0.3, -0.25) is 4.79 Å². The number of urea groups is 1. The van der Waals surface area contributed by atoms with Crippen molar-refractivity contribution in [3.63, 3.8) is 0 Å². The van der Waals surface area contributed by atoms with E-state index < -0.39 is 5.97 Å². The van der Waals surface area contributed by atoms with Crippen molar-refractivity contribution in [3.8, 4) is 0 Å². The summed E-state index contributed by atoms with van der Waals surface area (Å²) in [5.74, 6) is -0.797. The summed E-state index contributed by atoms with van der Waals surface area (Å²) in [5.41, 5.74) is -0.217. The smallest absolute Gasteiger partial charge is 0.315 e. The van der Waals surface area contributed by atoms with Crippen molar-refractivity contribution in [1.29, 1.82) is 0 Å². The van der Waals surface area contributed by atoms with Gasteiger partial charge < -0.3 is 15.7 Å². The number of carbonyl (C=O) groups excluding carboxylic acids is 1. The Morgan fingerprint density at radius 1 is 1.35 bits per heavy atom. The number of hydrogen-bond acceptors (Lipinski definition) is 2. The lowest BCUT2D eigenvalue weighted by molar-refractivity contribution is -0.137. The predicted octanol–water partition coefficient (Wildman–Crippen LogP) is 2.12. The highest BCUT2D eigenvalue weighted by Gasteiger charge is 2.18. The van der Waals surface area contributed by atoms with Crippen molar-refractivity contribution in [2.75, 3.05) is 0 Å². The zero-order valence-corrected chi connectivity index (χ0v) is 11.2. The Morgan fingerprint density at radius 3 is 2.41 bits per heavy atom. The number of hydrogen-bond donors (Lipinski definition) is 3. The van der Waals surface area contributed by atoms with Crippen LogP contribution >= 0.6 is 0 Å². The molecule has 5 heteroatoms. The molecular weight excluding hydrogens is 220 g/mol. The second kappa shape index (κ2) is 7.14. The van der Waals surface area contributed by atoms with Crippen LogP contribution in [0.5, 0.6) is 0 Å². The van der Waals surface area contributed by atoms with Crippen LogP contribution in [0.25, 0.3) is 0 Å². The summed E-state index contributed by atoms with van der Waals surface area (Å²) in [6.07, 6.45) is 2.25. The third-order valence-corrected chi connectivity index (χ3v) is 2.74. The van der Waals surface area contributed by atoms with E-state index in [1.54, 1.807) is 0 Å². The first kappa shape index (κ1) is 15.7. The summed E-state index contributed by atoms with van der Waals surface area (Å²) in [4.78, 5) is 21.9. The maximum absolute atomic E-state index is 11.6. The van der Waals surface area contributed by atoms with Gasteiger partial charge in [0.1, 0.15) is 0 Å². The molecule has 2 amide bonds. The van der Waals surface area contributed by atoms with Crippen LogP contribution in [0, 0.1) is 0 Å². The molecule has 0 saturated heterocycles. The fourth-order valence-electron chi connectivity index (χ4n) is 1.29. The summed E-state index contributed by atoms with van der Waals surface area (Å²) >= 11 is 0. The summed E-state index contributed by atoms with van der Waals surface area (Å²) in [7, 11) is 0. The van der Waals surface area contributed by atoms with Crippen molar-refractivity contribution in [3.05, 3.63) is 0 Å². The lowest BCUT2D eigenvalue weighted by atomic mass is 10.0. The van der Waals surface area contributed by atoms with E-state index in [0.29, 0.717) is 12.8 Å². The minimum Gasteiger partial charge on any atom is -0.481 e. The van der Waals surface area contributed by atoms with Gasteiger partial charge in [0.2, 0.25) is 0 Å². The van der Waals surface area contributed by atoms with Crippen molar-refractivity contribution >= 4 is 12.0 Å². The average molecular weight is 244 g/mol. The maximum Gasteiger partial charge on any atom is 0.315 e. The molecule has 0 saturated carbocycles. The molecule has 0 bridgehead atoms. The molecule has 100 valence electrons. The van der Waals surface area contributed by atoms with E-state index in [-0.39, 0.29) is 24.0 Å². The molecule has 17 heavy (non-hydrogen) atoms. The molecule has 0 aromatic rings. The van der Waals surface area contributed by atoms with E-state index in [2.05, 4.69) is 10.6 Å².